The molecule has 4 nitrogen and oxygen atoms in total. The molecule has 2 N–H and O–H groups in total. The molecule has 4 heteroatoms. The van der Waals surface area contributed by atoms with Crippen LogP contribution in [0.5, 0.6) is 0 Å². The lowest BCUT2D eigenvalue weighted by atomic mass is 10.2. The summed E-state index contributed by atoms with van der Waals surface area (Å²) in [6.07, 6.45) is 0. The average molecular weight is 245 g/mol. The van der Waals surface area contributed by atoms with E-state index in [0.29, 0.717) is 6.54 Å². The van der Waals surface area contributed by atoms with Crippen molar-refractivity contribution < 1.29 is 4.74 Å². The number of para-hydroxylation sites is 1. The lowest BCUT2D eigenvalue weighted by Crippen LogP contribution is -2.36. The van der Waals surface area contributed by atoms with Crippen LogP contribution in [0.15, 0.2) is 24.3 Å². The number of hydrogen-bond acceptors (Lipinski definition) is 3. The molecule has 0 amide bonds. The quantitative estimate of drug-likeness (QED) is 0.871. The van der Waals surface area contributed by atoms with Crippen LogP contribution >= 0.6 is 0 Å². The predicted octanol–water partition coefficient (Wildman–Crippen LogP) is 1.47. The highest BCUT2D eigenvalue weighted by Gasteiger charge is 2.16. The van der Waals surface area contributed by atoms with Crippen LogP contribution in [-0.4, -0.2) is 30.9 Å². The number of nitrogens with zero attached hydrogens (tertiary/aromatic N) is 2. The summed E-state index contributed by atoms with van der Waals surface area (Å²) in [4.78, 5) is 2.39. The number of aromatic nitrogens is 1. The maximum atomic E-state index is 5.79. The van der Waals surface area contributed by atoms with Gasteiger partial charge in [0.05, 0.1) is 24.4 Å². The molecule has 0 bridgehead atoms. The van der Waals surface area contributed by atoms with Crippen molar-refractivity contribution in [3.8, 4) is 0 Å². The number of ether oxygens (including phenoxy) is 1. The van der Waals surface area contributed by atoms with Gasteiger partial charge < -0.3 is 19.9 Å². The lowest BCUT2D eigenvalue weighted by molar-refractivity contribution is 0.123. The molecular weight excluding hydrogens is 226 g/mol. The molecule has 0 aliphatic carbocycles. The second-order valence-electron chi connectivity index (χ2n) is 4.71. The first kappa shape index (κ1) is 11.6. The maximum absolute atomic E-state index is 5.79. The summed E-state index contributed by atoms with van der Waals surface area (Å²) in [5.41, 5.74) is 9.53. The van der Waals surface area contributed by atoms with Gasteiger partial charge in [-0.1, -0.05) is 12.1 Å². The molecule has 1 saturated heterocycles. The SMILES string of the molecule is Cn1c(CN)cc2cccc(N3CCOCC3)c21. The molecule has 1 aromatic heterocycles. The van der Waals surface area contributed by atoms with Gasteiger partial charge in [-0.2, -0.15) is 0 Å². The molecule has 0 unspecified atom stereocenters. The van der Waals surface area contributed by atoms with Crippen LogP contribution < -0.4 is 10.6 Å². The fourth-order valence-electron chi connectivity index (χ4n) is 2.71. The number of aryl methyl sites for hydroxylation is 1. The Morgan fingerprint density at radius 3 is 2.78 bits per heavy atom. The summed E-state index contributed by atoms with van der Waals surface area (Å²) >= 11 is 0. The van der Waals surface area contributed by atoms with Crippen LogP contribution in [0.2, 0.25) is 0 Å². The fraction of sp³-hybridized carbons (Fsp3) is 0.429. The van der Waals surface area contributed by atoms with Crippen molar-refractivity contribution in [3.05, 3.63) is 30.0 Å². The third-order valence-electron chi connectivity index (χ3n) is 3.70. The standard InChI is InChI=1S/C14H19N3O/c1-16-12(10-15)9-11-3-2-4-13(14(11)16)17-5-7-18-8-6-17/h2-4,9H,5-8,10,15H2,1H3. The van der Waals surface area contributed by atoms with Crippen molar-refractivity contribution >= 4 is 16.6 Å². The summed E-state index contributed by atoms with van der Waals surface area (Å²) in [5.74, 6) is 0. The molecule has 2 heterocycles. The van der Waals surface area contributed by atoms with E-state index in [2.05, 4.69) is 40.8 Å². The lowest BCUT2D eigenvalue weighted by Gasteiger charge is -2.29. The Morgan fingerprint density at radius 2 is 2.06 bits per heavy atom. The minimum atomic E-state index is 0.577. The van der Waals surface area contributed by atoms with Crippen molar-refractivity contribution in [2.24, 2.45) is 12.8 Å². The van der Waals surface area contributed by atoms with Crippen LogP contribution in [-0.2, 0) is 18.3 Å². The Kier molecular flexibility index (Phi) is 2.97. The van der Waals surface area contributed by atoms with Gasteiger partial charge in [0.2, 0.25) is 0 Å². The zero-order valence-corrected chi connectivity index (χ0v) is 10.7. The zero-order chi connectivity index (χ0) is 12.5. The predicted molar refractivity (Wildman–Crippen MR) is 73.8 cm³/mol. The van der Waals surface area contributed by atoms with E-state index in [0.717, 1.165) is 26.3 Å². The van der Waals surface area contributed by atoms with Gasteiger partial charge in [-0.05, 0) is 12.1 Å². The van der Waals surface area contributed by atoms with E-state index in [-0.39, 0.29) is 0 Å². The number of anilines is 1. The highest BCUT2D eigenvalue weighted by molar-refractivity contribution is 5.93. The molecule has 1 aromatic carbocycles. The van der Waals surface area contributed by atoms with Gasteiger partial charge in [0.25, 0.3) is 0 Å². The first-order valence-corrected chi connectivity index (χ1v) is 6.41. The van der Waals surface area contributed by atoms with Gasteiger partial charge in [0.1, 0.15) is 0 Å². The Labute approximate surface area is 107 Å². The molecule has 96 valence electrons. The highest BCUT2D eigenvalue weighted by atomic mass is 16.5. The van der Waals surface area contributed by atoms with Crippen molar-refractivity contribution in [2.75, 3.05) is 31.2 Å². The molecule has 0 radical (unpaired) electrons. The molecule has 1 fully saturated rings. The largest absolute Gasteiger partial charge is 0.378 e. The van der Waals surface area contributed by atoms with Gasteiger partial charge in [0, 0.05) is 37.8 Å². The fourth-order valence-corrected chi connectivity index (χ4v) is 2.71. The Balaban J connectivity index is 2.13. The summed E-state index contributed by atoms with van der Waals surface area (Å²) in [7, 11) is 2.09. The van der Waals surface area contributed by atoms with E-state index in [4.69, 9.17) is 10.5 Å². The minimum Gasteiger partial charge on any atom is -0.378 e. The van der Waals surface area contributed by atoms with Gasteiger partial charge >= 0.3 is 0 Å². The number of nitrogens with two attached hydrogens (primary N) is 1. The molecule has 0 spiro atoms. The van der Waals surface area contributed by atoms with Gasteiger partial charge in [-0.25, -0.2) is 0 Å². The Hall–Kier alpha value is -1.52. The van der Waals surface area contributed by atoms with Crippen molar-refractivity contribution in [1.82, 2.24) is 4.57 Å². The van der Waals surface area contributed by atoms with Gasteiger partial charge in [-0.15, -0.1) is 0 Å². The molecule has 0 saturated carbocycles. The smallest absolute Gasteiger partial charge is 0.0718 e. The van der Waals surface area contributed by atoms with E-state index in [1.54, 1.807) is 0 Å². The third-order valence-corrected chi connectivity index (χ3v) is 3.70. The van der Waals surface area contributed by atoms with Crippen LogP contribution in [0, 0.1) is 0 Å². The monoisotopic (exact) mass is 245 g/mol. The van der Waals surface area contributed by atoms with Crippen molar-refractivity contribution in [3.63, 3.8) is 0 Å². The van der Waals surface area contributed by atoms with E-state index in [1.807, 2.05) is 0 Å². The molecule has 0 atom stereocenters. The maximum Gasteiger partial charge on any atom is 0.0718 e. The molecule has 1 aliphatic rings. The van der Waals surface area contributed by atoms with Gasteiger partial charge in [-0.3, -0.25) is 0 Å². The normalized spacial score (nSPS) is 16.4. The zero-order valence-electron chi connectivity index (χ0n) is 10.7. The average Bonchev–Trinajstić information content (AvgIpc) is 2.76. The minimum absolute atomic E-state index is 0.577. The second kappa shape index (κ2) is 4.63. The summed E-state index contributed by atoms with van der Waals surface area (Å²) in [6, 6.07) is 8.64. The van der Waals surface area contributed by atoms with Crippen LogP contribution in [0.1, 0.15) is 5.69 Å². The Bertz CT molecular complexity index is 555. The first-order valence-electron chi connectivity index (χ1n) is 6.41. The topological polar surface area (TPSA) is 43.4 Å². The molecule has 3 rings (SSSR count). The Morgan fingerprint density at radius 1 is 1.28 bits per heavy atom. The number of hydrogen-bond donors (Lipinski definition) is 1. The summed E-state index contributed by atoms with van der Waals surface area (Å²) < 4.78 is 7.63. The molecule has 1 aliphatic heterocycles. The number of fused-ring (bicyclic) bond motifs is 1. The van der Waals surface area contributed by atoms with E-state index in [1.165, 1.54) is 22.3 Å². The first-order chi connectivity index (χ1) is 8.81. The van der Waals surface area contributed by atoms with Crippen molar-refractivity contribution in [2.45, 2.75) is 6.54 Å². The third kappa shape index (κ3) is 1.78. The summed E-state index contributed by atoms with van der Waals surface area (Å²) in [6.45, 7) is 4.12. The van der Waals surface area contributed by atoms with E-state index < -0.39 is 0 Å². The number of rotatable bonds is 2. The molecule has 18 heavy (non-hydrogen) atoms. The van der Waals surface area contributed by atoms with Crippen LogP contribution in [0.3, 0.4) is 0 Å². The number of morpholine rings is 1. The van der Waals surface area contributed by atoms with Crippen LogP contribution in [0.25, 0.3) is 10.9 Å². The van der Waals surface area contributed by atoms with Crippen molar-refractivity contribution in [1.29, 1.82) is 0 Å². The summed E-state index contributed by atoms with van der Waals surface area (Å²) in [5, 5.41) is 1.27. The van der Waals surface area contributed by atoms with E-state index in [9.17, 15) is 0 Å². The molecular formula is C14H19N3O. The number of benzene rings is 1. The highest BCUT2D eigenvalue weighted by Crippen LogP contribution is 2.29. The van der Waals surface area contributed by atoms with Crippen LogP contribution in [0.4, 0.5) is 5.69 Å². The second-order valence-corrected chi connectivity index (χ2v) is 4.71. The van der Waals surface area contributed by atoms with E-state index >= 15 is 0 Å². The van der Waals surface area contributed by atoms with Gasteiger partial charge in [0.15, 0.2) is 0 Å². The molecule has 2 aromatic rings.